The number of amides is 2. The average molecular weight is 358 g/mol. The molecule has 1 saturated heterocycles. The van der Waals surface area contributed by atoms with E-state index >= 15 is 0 Å². The molecule has 1 fully saturated rings. The number of nitrogens with zero attached hydrogens (tertiary/aromatic N) is 1. The highest BCUT2D eigenvalue weighted by atomic mass is 16.6. The van der Waals surface area contributed by atoms with Gasteiger partial charge in [0.1, 0.15) is 17.2 Å². The molecule has 0 radical (unpaired) electrons. The van der Waals surface area contributed by atoms with Crippen molar-refractivity contribution in [3.05, 3.63) is 0 Å². The monoisotopic (exact) mass is 358 g/mol. The first-order valence-electron chi connectivity index (χ1n) is 8.36. The van der Waals surface area contributed by atoms with Crippen molar-refractivity contribution in [2.24, 2.45) is 5.92 Å². The van der Waals surface area contributed by atoms with Crippen molar-refractivity contribution in [2.75, 3.05) is 20.2 Å². The van der Waals surface area contributed by atoms with Crippen molar-refractivity contribution in [3.8, 4) is 0 Å². The minimum Gasteiger partial charge on any atom is -0.467 e. The normalized spacial score (nSPS) is 20.8. The summed E-state index contributed by atoms with van der Waals surface area (Å²) in [6.45, 7) is 11.2. The molecule has 0 saturated carbocycles. The quantitative estimate of drug-likeness (QED) is 0.614. The minimum absolute atomic E-state index is 0.0934. The zero-order chi connectivity index (χ0) is 19.4. The van der Waals surface area contributed by atoms with Crippen LogP contribution in [0.2, 0.25) is 0 Å². The van der Waals surface area contributed by atoms with Crippen LogP contribution in [0, 0.1) is 5.92 Å². The Kier molecular flexibility index (Phi) is 6.68. The fraction of sp³-hybridized carbons (Fsp3) is 0.824. The molecule has 0 unspecified atom stereocenters. The zero-order valence-corrected chi connectivity index (χ0v) is 16.2. The van der Waals surface area contributed by atoms with Gasteiger partial charge in [-0.3, -0.25) is 4.90 Å². The van der Waals surface area contributed by atoms with E-state index in [0.717, 1.165) is 0 Å². The summed E-state index contributed by atoms with van der Waals surface area (Å²) in [6.07, 6.45) is -0.706. The first kappa shape index (κ1) is 21.1. The van der Waals surface area contributed by atoms with Gasteiger partial charge in [0.05, 0.1) is 7.11 Å². The number of methoxy groups -OCH3 is 1. The van der Waals surface area contributed by atoms with E-state index < -0.39 is 35.4 Å². The number of hydrogen-bond donors (Lipinski definition) is 1. The Balaban J connectivity index is 2.69. The first-order valence-corrected chi connectivity index (χ1v) is 8.36. The largest absolute Gasteiger partial charge is 0.467 e. The van der Waals surface area contributed by atoms with E-state index in [4.69, 9.17) is 14.2 Å². The number of carbonyl (C=O) groups excluding carboxylic acids is 3. The van der Waals surface area contributed by atoms with Crippen LogP contribution in [0.25, 0.3) is 0 Å². The SMILES string of the molecule is COC(=O)[C@@H]1C[C@@H](CNC(=O)OC(C)(C)C)CN1C(=O)OC(C)(C)C. The van der Waals surface area contributed by atoms with Crippen molar-refractivity contribution in [2.45, 2.75) is 65.2 Å². The van der Waals surface area contributed by atoms with E-state index in [1.165, 1.54) is 12.0 Å². The molecule has 25 heavy (non-hydrogen) atoms. The molecule has 0 aliphatic carbocycles. The lowest BCUT2D eigenvalue weighted by atomic mass is 10.1. The molecule has 8 nitrogen and oxygen atoms in total. The Morgan fingerprint density at radius 2 is 1.60 bits per heavy atom. The number of likely N-dealkylation sites (tertiary alicyclic amines) is 1. The smallest absolute Gasteiger partial charge is 0.411 e. The number of alkyl carbamates (subject to hydrolysis) is 1. The van der Waals surface area contributed by atoms with Gasteiger partial charge in [0.25, 0.3) is 0 Å². The number of nitrogens with one attached hydrogen (secondary N) is 1. The molecule has 0 aromatic carbocycles. The fourth-order valence-corrected chi connectivity index (χ4v) is 2.49. The van der Waals surface area contributed by atoms with Gasteiger partial charge in [0.2, 0.25) is 0 Å². The highest BCUT2D eigenvalue weighted by molar-refractivity contribution is 5.82. The minimum atomic E-state index is -0.717. The van der Waals surface area contributed by atoms with Crippen LogP contribution in [-0.2, 0) is 19.0 Å². The van der Waals surface area contributed by atoms with E-state index in [0.29, 0.717) is 19.5 Å². The van der Waals surface area contributed by atoms with Crippen LogP contribution in [0.3, 0.4) is 0 Å². The summed E-state index contributed by atoms with van der Waals surface area (Å²) in [5, 5.41) is 2.67. The van der Waals surface area contributed by atoms with Crippen molar-refractivity contribution in [1.29, 1.82) is 0 Å². The number of carbonyl (C=O) groups is 3. The second-order valence-electron chi connectivity index (χ2n) is 8.16. The van der Waals surface area contributed by atoms with Crippen LogP contribution in [0.4, 0.5) is 9.59 Å². The van der Waals surface area contributed by atoms with E-state index in [2.05, 4.69) is 5.32 Å². The lowest BCUT2D eigenvalue weighted by Gasteiger charge is -2.27. The second kappa shape index (κ2) is 7.93. The van der Waals surface area contributed by atoms with Gasteiger partial charge in [0.15, 0.2) is 0 Å². The molecule has 8 heteroatoms. The molecule has 0 spiro atoms. The number of rotatable bonds is 3. The van der Waals surface area contributed by atoms with Gasteiger partial charge in [-0.25, -0.2) is 14.4 Å². The number of ether oxygens (including phenoxy) is 3. The van der Waals surface area contributed by atoms with Gasteiger partial charge in [-0.05, 0) is 53.9 Å². The summed E-state index contributed by atoms with van der Waals surface area (Å²) in [4.78, 5) is 37.4. The van der Waals surface area contributed by atoms with Crippen LogP contribution in [-0.4, -0.2) is 60.5 Å². The standard InChI is InChI=1S/C17H30N2O6/c1-16(2,3)24-14(21)18-9-11-8-12(13(20)23-7)19(10-11)15(22)25-17(4,5)6/h11-12H,8-10H2,1-7H3,(H,18,21)/t11-,12-/m0/s1. The summed E-state index contributed by atoms with van der Waals surface area (Å²) in [6, 6.07) is -0.717. The Morgan fingerprint density at radius 1 is 1.04 bits per heavy atom. The molecule has 144 valence electrons. The predicted molar refractivity (Wildman–Crippen MR) is 91.1 cm³/mol. The van der Waals surface area contributed by atoms with Gasteiger partial charge in [0, 0.05) is 13.1 Å². The third-order valence-electron chi connectivity index (χ3n) is 3.42. The molecular weight excluding hydrogens is 328 g/mol. The Hall–Kier alpha value is -1.99. The lowest BCUT2D eigenvalue weighted by molar-refractivity contribution is -0.145. The molecule has 0 aromatic heterocycles. The van der Waals surface area contributed by atoms with Crippen LogP contribution >= 0.6 is 0 Å². The molecule has 2 amide bonds. The van der Waals surface area contributed by atoms with E-state index in [-0.39, 0.29) is 5.92 Å². The summed E-state index contributed by atoms with van der Waals surface area (Å²) in [5.41, 5.74) is -1.25. The molecular formula is C17H30N2O6. The molecule has 1 rings (SSSR count). The van der Waals surface area contributed by atoms with E-state index in [1.54, 1.807) is 41.5 Å². The fourth-order valence-electron chi connectivity index (χ4n) is 2.49. The van der Waals surface area contributed by atoms with Crippen molar-refractivity contribution < 1.29 is 28.6 Å². The lowest BCUT2D eigenvalue weighted by Crippen LogP contribution is -2.44. The maximum atomic E-state index is 12.3. The Bertz CT molecular complexity index is 506. The molecule has 0 bridgehead atoms. The summed E-state index contributed by atoms with van der Waals surface area (Å²) >= 11 is 0. The van der Waals surface area contributed by atoms with Crippen LogP contribution < -0.4 is 5.32 Å². The molecule has 2 atom stereocenters. The third-order valence-corrected chi connectivity index (χ3v) is 3.42. The van der Waals surface area contributed by atoms with Crippen molar-refractivity contribution in [3.63, 3.8) is 0 Å². The number of hydrogen-bond acceptors (Lipinski definition) is 6. The van der Waals surface area contributed by atoms with Gasteiger partial charge in [-0.2, -0.15) is 0 Å². The van der Waals surface area contributed by atoms with E-state index in [1.807, 2.05) is 0 Å². The molecule has 1 aliphatic heterocycles. The van der Waals surface area contributed by atoms with Gasteiger partial charge in [-0.1, -0.05) is 0 Å². The van der Waals surface area contributed by atoms with Crippen molar-refractivity contribution in [1.82, 2.24) is 10.2 Å². The average Bonchev–Trinajstić information content (AvgIpc) is 2.85. The highest BCUT2D eigenvalue weighted by Gasteiger charge is 2.42. The Morgan fingerprint density at radius 3 is 2.08 bits per heavy atom. The van der Waals surface area contributed by atoms with Crippen LogP contribution in [0.15, 0.2) is 0 Å². The van der Waals surface area contributed by atoms with Gasteiger partial charge in [-0.15, -0.1) is 0 Å². The maximum Gasteiger partial charge on any atom is 0.411 e. The molecule has 1 heterocycles. The molecule has 1 aliphatic rings. The van der Waals surface area contributed by atoms with Crippen LogP contribution in [0.5, 0.6) is 0 Å². The molecule has 1 N–H and O–H groups in total. The van der Waals surface area contributed by atoms with Gasteiger partial charge >= 0.3 is 18.2 Å². The second-order valence-corrected chi connectivity index (χ2v) is 8.16. The Labute approximate surface area is 149 Å². The topological polar surface area (TPSA) is 94.2 Å². The van der Waals surface area contributed by atoms with Crippen LogP contribution in [0.1, 0.15) is 48.0 Å². The van der Waals surface area contributed by atoms with E-state index in [9.17, 15) is 14.4 Å². The maximum absolute atomic E-state index is 12.3. The third kappa shape index (κ3) is 7.19. The first-order chi connectivity index (χ1) is 11.3. The summed E-state index contributed by atoms with van der Waals surface area (Å²) < 4.78 is 15.3. The van der Waals surface area contributed by atoms with Crippen molar-refractivity contribution >= 4 is 18.2 Å². The highest BCUT2D eigenvalue weighted by Crippen LogP contribution is 2.26. The number of esters is 1. The zero-order valence-electron chi connectivity index (χ0n) is 16.2. The molecule has 0 aromatic rings. The predicted octanol–water partition coefficient (Wildman–Crippen LogP) is 2.31. The summed E-state index contributed by atoms with van der Waals surface area (Å²) in [5.74, 6) is -0.588. The van der Waals surface area contributed by atoms with Gasteiger partial charge < -0.3 is 19.5 Å². The summed E-state index contributed by atoms with van der Waals surface area (Å²) in [7, 11) is 1.28.